The summed E-state index contributed by atoms with van der Waals surface area (Å²) < 4.78 is 32.4. The lowest BCUT2D eigenvalue weighted by Crippen LogP contribution is -2.49. The molecule has 11 heteroatoms. The Bertz CT molecular complexity index is 1350. The molecule has 0 spiro atoms. The number of piperazine rings is 1. The topological polar surface area (TPSA) is 118 Å². The molecule has 1 aromatic heterocycles. The molecule has 3 heterocycles. The normalized spacial score (nSPS) is 16.1. The van der Waals surface area contributed by atoms with Crippen LogP contribution in [0.25, 0.3) is 11.3 Å². The molecule has 9 nitrogen and oxygen atoms in total. The van der Waals surface area contributed by atoms with Gasteiger partial charge in [-0.25, -0.2) is 13.4 Å². The highest BCUT2D eigenvalue weighted by atomic mass is 32.2. The Hall–Kier alpha value is -3.28. The van der Waals surface area contributed by atoms with Crippen molar-refractivity contribution in [3.05, 3.63) is 59.0 Å². The highest BCUT2D eigenvalue weighted by Gasteiger charge is 2.29. The van der Waals surface area contributed by atoms with Gasteiger partial charge in [-0.05, 0) is 42.0 Å². The molecule has 0 unspecified atom stereocenters. The van der Waals surface area contributed by atoms with Crippen molar-refractivity contribution in [1.82, 2.24) is 14.6 Å². The van der Waals surface area contributed by atoms with Crippen LogP contribution in [-0.4, -0.2) is 55.8 Å². The van der Waals surface area contributed by atoms with E-state index in [0.29, 0.717) is 11.7 Å². The van der Waals surface area contributed by atoms with E-state index in [-0.39, 0.29) is 36.0 Å². The van der Waals surface area contributed by atoms with Gasteiger partial charge in [-0.15, -0.1) is 11.3 Å². The van der Waals surface area contributed by atoms with Gasteiger partial charge in [0.25, 0.3) is 5.91 Å². The number of aromatic nitrogens is 1. The molecular weight excluding hydrogens is 464 g/mol. The van der Waals surface area contributed by atoms with Crippen molar-refractivity contribution >= 4 is 38.3 Å². The zero-order valence-electron chi connectivity index (χ0n) is 17.4. The third-order valence-electron chi connectivity index (χ3n) is 5.45. The Labute approximate surface area is 194 Å². The predicted octanol–water partition coefficient (Wildman–Crippen LogP) is 2.12. The first-order valence-electron chi connectivity index (χ1n) is 10.3. The SMILES string of the molecule is O=C1CN(S(=O)(=O)c2cccc(C(=O)Nc3nc(-c4ccc5c(c4)CCO5)cs3)c2)CCN1. The van der Waals surface area contributed by atoms with Crippen LogP contribution in [0, 0.1) is 0 Å². The number of thiazole rings is 1. The molecule has 2 aromatic carbocycles. The van der Waals surface area contributed by atoms with Gasteiger partial charge in [-0.1, -0.05) is 6.07 Å². The molecule has 1 fully saturated rings. The quantitative estimate of drug-likeness (QED) is 0.573. The van der Waals surface area contributed by atoms with Crippen LogP contribution in [-0.2, 0) is 21.2 Å². The number of amides is 2. The maximum Gasteiger partial charge on any atom is 0.257 e. The van der Waals surface area contributed by atoms with Crippen LogP contribution in [0.5, 0.6) is 5.75 Å². The van der Waals surface area contributed by atoms with Crippen molar-refractivity contribution in [2.45, 2.75) is 11.3 Å². The summed E-state index contributed by atoms with van der Waals surface area (Å²) in [7, 11) is -3.89. The molecule has 1 saturated heterocycles. The minimum Gasteiger partial charge on any atom is -0.493 e. The number of fused-ring (bicyclic) bond motifs is 1. The van der Waals surface area contributed by atoms with Crippen molar-refractivity contribution in [3.8, 4) is 17.0 Å². The second-order valence-electron chi connectivity index (χ2n) is 7.63. The lowest BCUT2D eigenvalue weighted by molar-refractivity contribution is -0.122. The summed E-state index contributed by atoms with van der Waals surface area (Å²) in [6.07, 6.45) is 0.859. The van der Waals surface area contributed by atoms with E-state index in [9.17, 15) is 18.0 Å². The number of rotatable bonds is 5. The van der Waals surface area contributed by atoms with E-state index in [1.165, 1.54) is 35.6 Å². The van der Waals surface area contributed by atoms with E-state index in [1.807, 2.05) is 23.6 Å². The Morgan fingerprint density at radius 2 is 2.09 bits per heavy atom. The Morgan fingerprint density at radius 1 is 1.21 bits per heavy atom. The van der Waals surface area contributed by atoms with Crippen LogP contribution in [0.4, 0.5) is 5.13 Å². The number of carbonyl (C=O) groups excluding carboxylic acids is 2. The molecular formula is C22H20N4O5S2. The molecule has 2 N–H and O–H groups in total. The average Bonchev–Trinajstić information content (AvgIpc) is 3.48. The monoisotopic (exact) mass is 484 g/mol. The number of sulfonamides is 1. The van der Waals surface area contributed by atoms with E-state index in [4.69, 9.17) is 4.74 Å². The maximum atomic E-state index is 12.9. The zero-order chi connectivity index (χ0) is 23.0. The standard InChI is InChI=1S/C22H20N4O5S2/c27-20-12-26(8-7-23-20)33(29,30)17-3-1-2-16(11-17)21(28)25-22-24-18(13-32-22)14-4-5-19-15(10-14)6-9-31-19/h1-5,10-11,13H,6-9,12H2,(H,23,27)(H,24,25,28). The molecule has 0 aliphatic carbocycles. The fraction of sp³-hybridized carbons (Fsp3) is 0.227. The molecule has 33 heavy (non-hydrogen) atoms. The van der Waals surface area contributed by atoms with E-state index in [0.717, 1.165) is 33.3 Å². The Balaban J connectivity index is 1.32. The summed E-state index contributed by atoms with van der Waals surface area (Å²) >= 11 is 1.29. The molecule has 5 rings (SSSR count). The Morgan fingerprint density at radius 3 is 2.94 bits per heavy atom. The van der Waals surface area contributed by atoms with Gasteiger partial charge in [0.15, 0.2) is 5.13 Å². The number of hydrogen-bond donors (Lipinski definition) is 2. The smallest absolute Gasteiger partial charge is 0.257 e. The molecule has 0 saturated carbocycles. The van der Waals surface area contributed by atoms with Crippen LogP contribution in [0.2, 0.25) is 0 Å². The van der Waals surface area contributed by atoms with Crippen molar-refractivity contribution in [2.75, 3.05) is 31.6 Å². The molecule has 0 radical (unpaired) electrons. The molecule has 170 valence electrons. The van der Waals surface area contributed by atoms with Crippen molar-refractivity contribution in [3.63, 3.8) is 0 Å². The number of hydrogen-bond acceptors (Lipinski definition) is 7. The van der Waals surface area contributed by atoms with Gasteiger partial charge < -0.3 is 10.1 Å². The van der Waals surface area contributed by atoms with E-state index in [2.05, 4.69) is 15.6 Å². The lowest BCUT2D eigenvalue weighted by Gasteiger charge is -2.26. The van der Waals surface area contributed by atoms with Crippen LogP contribution in [0.1, 0.15) is 15.9 Å². The number of carbonyl (C=O) groups is 2. The minimum absolute atomic E-state index is 0.0370. The third-order valence-corrected chi connectivity index (χ3v) is 8.05. The number of benzene rings is 2. The number of anilines is 1. The first kappa shape index (κ1) is 21.6. The summed E-state index contributed by atoms with van der Waals surface area (Å²) in [6.45, 7) is 0.870. The van der Waals surface area contributed by atoms with Gasteiger partial charge in [0.05, 0.1) is 23.7 Å². The average molecular weight is 485 g/mol. The zero-order valence-corrected chi connectivity index (χ0v) is 19.0. The highest BCUT2D eigenvalue weighted by Crippen LogP contribution is 2.32. The third kappa shape index (κ3) is 4.34. The van der Waals surface area contributed by atoms with Crippen LogP contribution in [0.3, 0.4) is 0 Å². The van der Waals surface area contributed by atoms with Crippen molar-refractivity contribution in [2.24, 2.45) is 0 Å². The summed E-state index contributed by atoms with van der Waals surface area (Å²) in [6, 6.07) is 11.7. The van der Waals surface area contributed by atoms with Crippen LogP contribution >= 0.6 is 11.3 Å². The largest absolute Gasteiger partial charge is 0.493 e. The number of ether oxygens (including phenoxy) is 1. The molecule has 2 aliphatic rings. The van der Waals surface area contributed by atoms with E-state index in [1.54, 1.807) is 0 Å². The second-order valence-corrected chi connectivity index (χ2v) is 10.4. The molecule has 2 amide bonds. The highest BCUT2D eigenvalue weighted by molar-refractivity contribution is 7.89. The van der Waals surface area contributed by atoms with Gasteiger partial charge in [0.1, 0.15) is 5.75 Å². The predicted molar refractivity (Wildman–Crippen MR) is 123 cm³/mol. The first-order chi connectivity index (χ1) is 15.9. The van der Waals surface area contributed by atoms with Crippen LogP contribution in [0.15, 0.2) is 52.7 Å². The molecule has 3 aromatic rings. The second kappa shape index (κ2) is 8.58. The number of nitrogens with one attached hydrogen (secondary N) is 2. The van der Waals surface area contributed by atoms with Gasteiger partial charge in [0, 0.05) is 36.0 Å². The van der Waals surface area contributed by atoms with Gasteiger partial charge in [-0.2, -0.15) is 4.31 Å². The Kier molecular flexibility index (Phi) is 5.60. The first-order valence-corrected chi connectivity index (χ1v) is 12.6. The van der Waals surface area contributed by atoms with E-state index >= 15 is 0 Å². The van der Waals surface area contributed by atoms with E-state index < -0.39 is 15.9 Å². The van der Waals surface area contributed by atoms with Gasteiger partial charge in [-0.3, -0.25) is 14.9 Å². The summed E-state index contributed by atoms with van der Waals surface area (Å²) in [4.78, 5) is 28.8. The fourth-order valence-electron chi connectivity index (χ4n) is 3.75. The summed E-state index contributed by atoms with van der Waals surface area (Å²) in [5.41, 5.74) is 3.00. The fourth-order valence-corrected chi connectivity index (χ4v) is 5.90. The number of nitrogens with zero attached hydrogens (tertiary/aromatic N) is 2. The van der Waals surface area contributed by atoms with Gasteiger partial charge >= 0.3 is 0 Å². The molecule has 2 aliphatic heterocycles. The lowest BCUT2D eigenvalue weighted by atomic mass is 10.1. The summed E-state index contributed by atoms with van der Waals surface area (Å²) in [5.74, 6) is 0.0726. The van der Waals surface area contributed by atoms with Crippen molar-refractivity contribution < 1.29 is 22.7 Å². The maximum absolute atomic E-state index is 12.9. The van der Waals surface area contributed by atoms with Crippen LogP contribution < -0.4 is 15.4 Å². The molecule has 0 atom stereocenters. The minimum atomic E-state index is -3.89. The summed E-state index contributed by atoms with van der Waals surface area (Å²) in [5, 5.41) is 7.60. The van der Waals surface area contributed by atoms with Gasteiger partial charge in [0.2, 0.25) is 15.9 Å². The molecule has 0 bridgehead atoms. The van der Waals surface area contributed by atoms with Crippen molar-refractivity contribution in [1.29, 1.82) is 0 Å².